The molecule has 1 aromatic heterocycles. The molecule has 1 fully saturated rings. The molecule has 1 saturated heterocycles. The molecule has 4 rings (SSSR count). The molecule has 1 amide bonds. The molecule has 0 aliphatic carbocycles. The van der Waals surface area contributed by atoms with Gasteiger partial charge in [-0.3, -0.25) is 9.69 Å². The molecule has 4 nitrogen and oxygen atoms in total. The SMILES string of the molecule is O=C1CN(C(F)(c2ccc3ncsc3c2)c2ccccc2Cl)CCN1. The number of nitrogens with zero attached hydrogens (tertiary/aromatic N) is 2. The van der Waals surface area contributed by atoms with Crippen molar-refractivity contribution in [1.82, 2.24) is 15.2 Å². The lowest BCUT2D eigenvalue weighted by Crippen LogP contribution is -2.55. The summed E-state index contributed by atoms with van der Waals surface area (Å²) in [6, 6.07) is 12.2. The van der Waals surface area contributed by atoms with Gasteiger partial charge >= 0.3 is 0 Å². The number of hydrogen-bond donors (Lipinski definition) is 1. The maximum absolute atomic E-state index is 16.7. The summed E-state index contributed by atoms with van der Waals surface area (Å²) in [6.07, 6.45) is 0. The Balaban J connectivity index is 1.91. The lowest BCUT2D eigenvalue weighted by atomic mass is 9.93. The van der Waals surface area contributed by atoms with Gasteiger partial charge in [0.25, 0.3) is 0 Å². The van der Waals surface area contributed by atoms with E-state index in [0.717, 1.165) is 10.2 Å². The molecule has 1 atom stereocenters. The lowest BCUT2D eigenvalue weighted by Gasteiger charge is -2.40. The number of carbonyl (C=O) groups excluding carboxylic acids is 1. The highest BCUT2D eigenvalue weighted by molar-refractivity contribution is 7.16. The number of fused-ring (bicyclic) bond motifs is 1. The van der Waals surface area contributed by atoms with E-state index in [-0.39, 0.29) is 12.5 Å². The van der Waals surface area contributed by atoms with Gasteiger partial charge in [-0.2, -0.15) is 0 Å². The smallest absolute Gasteiger partial charge is 0.234 e. The van der Waals surface area contributed by atoms with E-state index in [9.17, 15) is 4.79 Å². The Hall–Kier alpha value is -2.02. The minimum atomic E-state index is -1.99. The summed E-state index contributed by atoms with van der Waals surface area (Å²) in [5, 5.41) is 3.07. The zero-order valence-corrected chi connectivity index (χ0v) is 14.8. The Labute approximate surface area is 153 Å². The Kier molecular flexibility index (Phi) is 4.19. The minimum Gasteiger partial charge on any atom is -0.354 e. The van der Waals surface area contributed by atoms with Crippen molar-refractivity contribution in [3.63, 3.8) is 0 Å². The van der Waals surface area contributed by atoms with Crippen molar-refractivity contribution in [2.75, 3.05) is 19.6 Å². The van der Waals surface area contributed by atoms with Gasteiger partial charge in [0.05, 0.1) is 22.3 Å². The van der Waals surface area contributed by atoms with E-state index in [1.807, 2.05) is 0 Å². The normalized spacial score (nSPS) is 18.1. The number of benzene rings is 2. The van der Waals surface area contributed by atoms with Crippen LogP contribution < -0.4 is 5.32 Å². The van der Waals surface area contributed by atoms with Crippen LogP contribution in [-0.2, 0) is 10.6 Å². The van der Waals surface area contributed by atoms with Crippen LogP contribution in [0.25, 0.3) is 10.2 Å². The maximum Gasteiger partial charge on any atom is 0.234 e. The molecular formula is C18H15ClFN3OS. The number of amides is 1. The predicted molar refractivity (Wildman–Crippen MR) is 97.5 cm³/mol. The number of carbonyl (C=O) groups is 1. The van der Waals surface area contributed by atoms with E-state index in [2.05, 4.69) is 10.3 Å². The predicted octanol–water partition coefficient (Wildman–Crippen LogP) is 3.55. The number of thiazole rings is 1. The molecular weight excluding hydrogens is 361 g/mol. The first kappa shape index (κ1) is 16.4. The number of nitrogens with one attached hydrogen (secondary N) is 1. The monoisotopic (exact) mass is 375 g/mol. The number of alkyl halides is 1. The molecule has 25 heavy (non-hydrogen) atoms. The highest BCUT2D eigenvalue weighted by Crippen LogP contribution is 2.42. The summed E-state index contributed by atoms with van der Waals surface area (Å²) in [6.45, 7) is 0.772. The van der Waals surface area contributed by atoms with Gasteiger partial charge in [0.15, 0.2) is 0 Å². The molecule has 0 saturated carbocycles. The van der Waals surface area contributed by atoms with Crippen LogP contribution in [0.1, 0.15) is 11.1 Å². The molecule has 0 bridgehead atoms. The fourth-order valence-electron chi connectivity index (χ4n) is 3.20. The average Bonchev–Trinajstić information content (AvgIpc) is 3.09. The zero-order valence-electron chi connectivity index (χ0n) is 13.2. The van der Waals surface area contributed by atoms with E-state index in [0.29, 0.717) is 29.2 Å². The molecule has 1 N–H and O–H groups in total. The third kappa shape index (κ3) is 2.80. The summed E-state index contributed by atoms with van der Waals surface area (Å²) in [5.74, 6) is -2.19. The third-order valence-corrected chi connectivity index (χ3v) is 5.54. The van der Waals surface area contributed by atoms with Gasteiger partial charge in [0.1, 0.15) is 0 Å². The summed E-state index contributed by atoms with van der Waals surface area (Å²) in [7, 11) is 0. The standard InChI is InChI=1S/C18H15ClFN3OS/c19-14-4-2-1-3-13(14)18(20,23-8-7-21-17(24)10-23)12-5-6-15-16(9-12)25-11-22-15/h1-6,9,11H,7-8,10H2,(H,21,24). The number of rotatable bonds is 3. The van der Waals surface area contributed by atoms with Crippen LogP contribution in [-0.4, -0.2) is 35.4 Å². The van der Waals surface area contributed by atoms with Crippen LogP contribution in [0.3, 0.4) is 0 Å². The lowest BCUT2D eigenvalue weighted by molar-refractivity contribution is -0.129. The molecule has 7 heteroatoms. The van der Waals surface area contributed by atoms with Crippen molar-refractivity contribution in [3.8, 4) is 0 Å². The number of halogens is 2. The van der Waals surface area contributed by atoms with Gasteiger partial charge in [-0.25, -0.2) is 9.37 Å². The highest BCUT2D eigenvalue weighted by Gasteiger charge is 2.44. The topological polar surface area (TPSA) is 45.2 Å². The molecule has 1 aliphatic rings. The fraction of sp³-hybridized carbons (Fsp3) is 0.222. The van der Waals surface area contributed by atoms with Gasteiger partial charge < -0.3 is 5.32 Å². The van der Waals surface area contributed by atoms with Gasteiger partial charge in [-0.15, -0.1) is 11.3 Å². The number of hydrogen-bond acceptors (Lipinski definition) is 4. The second kappa shape index (κ2) is 6.37. The van der Waals surface area contributed by atoms with E-state index in [1.165, 1.54) is 16.2 Å². The summed E-state index contributed by atoms with van der Waals surface area (Å²) in [4.78, 5) is 17.7. The first-order valence-electron chi connectivity index (χ1n) is 7.88. The first-order valence-corrected chi connectivity index (χ1v) is 9.14. The molecule has 0 spiro atoms. The van der Waals surface area contributed by atoms with E-state index >= 15 is 4.39 Å². The fourth-order valence-corrected chi connectivity index (χ4v) is 4.18. The van der Waals surface area contributed by atoms with Crippen molar-refractivity contribution < 1.29 is 9.18 Å². The van der Waals surface area contributed by atoms with E-state index in [4.69, 9.17) is 11.6 Å². The van der Waals surface area contributed by atoms with Crippen LogP contribution >= 0.6 is 22.9 Å². The van der Waals surface area contributed by atoms with Crippen LogP contribution in [0.4, 0.5) is 4.39 Å². The molecule has 2 heterocycles. The van der Waals surface area contributed by atoms with Crippen molar-refractivity contribution in [2.24, 2.45) is 0 Å². The molecule has 3 aromatic rings. The van der Waals surface area contributed by atoms with Gasteiger partial charge in [-0.1, -0.05) is 35.9 Å². The average molecular weight is 376 g/mol. The van der Waals surface area contributed by atoms with Gasteiger partial charge in [0, 0.05) is 29.2 Å². The largest absolute Gasteiger partial charge is 0.354 e. The summed E-state index contributed by atoms with van der Waals surface area (Å²) >= 11 is 7.79. The Morgan fingerprint density at radius 2 is 2.12 bits per heavy atom. The summed E-state index contributed by atoms with van der Waals surface area (Å²) < 4.78 is 17.6. The van der Waals surface area contributed by atoms with Gasteiger partial charge in [0.2, 0.25) is 11.7 Å². The Morgan fingerprint density at radius 3 is 2.92 bits per heavy atom. The molecule has 1 unspecified atom stereocenters. The van der Waals surface area contributed by atoms with Crippen LogP contribution in [0, 0.1) is 0 Å². The zero-order chi connectivity index (χ0) is 17.4. The van der Waals surface area contributed by atoms with Crippen molar-refractivity contribution in [2.45, 2.75) is 5.79 Å². The molecule has 2 aromatic carbocycles. The van der Waals surface area contributed by atoms with E-state index in [1.54, 1.807) is 48.0 Å². The van der Waals surface area contributed by atoms with Crippen LogP contribution in [0.15, 0.2) is 48.0 Å². The Bertz CT molecular complexity index is 947. The second-order valence-electron chi connectivity index (χ2n) is 5.91. The summed E-state index contributed by atoms with van der Waals surface area (Å²) in [5.41, 5.74) is 3.35. The number of aromatic nitrogens is 1. The third-order valence-electron chi connectivity index (χ3n) is 4.42. The molecule has 0 radical (unpaired) electrons. The highest BCUT2D eigenvalue weighted by atomic mass is 35.5. The van der Waals surface area contributed by atoms with Crippen molar-refractivity contribution >= 4 is 39.1 Å². The van der Waals surface area contributed by atoms with Crippen molar-refractivity contribution in [1.29, 1.82) is 0 Å². The first-order chi connectivity index (χ1) is 12.1. The second-order valence-corrected chi connectivity index (χ2v) is 7.20. The Morgan fingerprint density at radius 1 is 1.28 bits per heavy atom. The maximum atomic E-state index is 16.7. The number of piperazine rings is 1. The quantitative estimate of drug-likeness (QED) is 0.712. The molecule has 1 aliphatic heterocycles. The van der Waals surface area contributed by atoms with Crippen LogP contribution in [0.5, 0.6) is 0 Å². The van der Waals surface area contributed by atoms with Crippen LogP contribution in [0.2, 0.25) is 5.02 Å². The van der Waals surface area contributed by atoms with Gasteiger partial charge in [-0.05, 0) is 18.2 Å². The van der Waals surface area contributed by atoms with E-state index < -0.39 is 5.79 Å². The minimum absolute atomic E-state index is 0.0253. The molecule has 128 valence electrons. The van der Waals surface area contributed by atoms with Crippen molar-refractivity contribution in [3.05, 3.63) is 64.1 Å².